The molecule has 2 saturated heterocycles. The third kappa shape index (κ3) is 1.49. The van der Waals surface area contributed by atoms with E-state index in [0.717, 1.165) is 39.1 Å². The van der Waals surface area contributed by atoms with Crippen LogP contribution in [0.25, 0.3) is 0 Å². The van der Waals surface area contributed by atoms with Gasteiger partial charge in [0.2, 0.25) is 0 Å². The van der Waals surface area contributed by atoms with E-state index in [1.54, 1.807) is 0 Å². The zero-order chi connectivity index (χ0) is 8.44. The summed E-state index contributed by atoms with van der Waals surface area (Å²) in [7, 11) is 2.03. The molecule has 2 fully saturated rings. The summed E-state index contributed by atoms with van der Waals surface area (Å²) in [6.07, 6.45) is 3.33. The van der Waals surface area contributed by atoms with E-state index in [-0.39, 0.29) is 5.60 Å². The Morgan fingerprint density at radius 1 is 1.42 bits per heavy atom. The average Bonchev–Trinajstić information content (AvgIpc) is 2.53. The molecular formula is C9H17NO2. The molecule has 2 unspecified atom stereocenters. The quantitative estimate of drug-likeness (QED) is 0.624. The minimum Gasteiger partial charge on any atom is -0.378 e. The van der Waals surface area contributed by atoms with Crippen LogP contribution in [0.5, 0.6) is 0 Å². The van der Waals surface area contributed by atoms with Crippen molar-refractivity contribution in [2.75, 3.05) is 26.9 Å². The fourth-order valence-electron chi connectivity index (χ4n) is 2.14. The summed E-state index contributed by atoms with van der Waals surface area (Å²) >= 11 is 0. The van der Waals surface area contributed by atoms with Gasteiger partial charge >= 0.3 is 0 Å². The van der Waals surface area contributed by atoms with Crippen LogP contribution in [-0.4, -0.2) is 38.5 Å². The summed E-state index contributed by atoms with van der Waals surface area (Å²) in [4.78, 5) is 0. The first-order valence-corrected chi connectivity index (χ1v) is 4.74. The lowest BCUT2D eigenvalue weighted by molar-refractivity contribution is -0.0885. The summed E-state index contributed by atoms with van der Waals surface area (Å²) < 4.78 is 11.2. The second kappa shape index (κ2) is 3.32. The van der Waals surface area contributed by atoms with Crippen LogP contribution >= 0.6 is 0 Å². The molecule has 2 heterocycles. The molecule has 0 amide bonds. The molecule has 2 aliphatic heterocycles. The van der Waals surface area contributed by atoms with Crippen molar-refractivity contribution in [2.45, 2.75) is 30.9 Å². The average molecular weight is 171 g/mol. The van der Waals surface area contributed by atoms with Crippen molar-refractivity contribution in [3.8, 4) is 0 Å². The lowest BCUT2D eigenvalue weighted by Gasteiger charge is -2.36. The molecule has 1 N–H and O–H groups in total. The molecular weight excluding hydrogens is 154 g/mol. The molecule has 0 saturated carbocycles. The van der Waals surface area contributed by atoms with Gasteiger partial charge in [-0.05, 0) is 19.9 Å². The number of rotatable bonds is 1. The summed E-state index contributed by atoms with van der Waals surface area (Å²) in [6, 6.07) is 0.625. The van der Waals surface area contributed by atoms with Gasteiger partial charge in [-0.1, -0.05) is 0 Å². The lowest BCUT2D eigenvalue weighted by Crippen LogP contribution is -2.46. The molecule has 0 aromatic rings. The second-order valence-electron chi connectivity index (χ2n) is 3.81. The maximum atomic E-state index is 5.79. The van der Waals surface area contributed by atoms with Crippen LogP contribution in [0.4, 0.5) is 0 Å². The molecule has 3 heteroatoms. The van der Waals surface area contributed by atoms with Crippen molar-refractivity contribution < 1.29 is 9.47 Å². The second-order valence-corrected chi connectivity index (χ2v) is 3.81. The number of ether oxygens (including phenoxy) is 2. The summed E-state index contributed by atoms with van der Waals surface area (Å²) in [5.41, 5.74) is 0.0614. The third-order valence-electron chi connectivity index (χ3n) is 2.97. The van der Waals surface area contributed by atoms with Gasteiger partial charge in [-0.3, -0.25) is 0 Å². The fraction of sp³-hybridized carbons (Fsp3) is 1.00. The summed E-state index contributed by atoms with van der Waals surface area (Å²) in [5.74, 6) is 0. The zero-order valence-corrected chi connectivity index (χ0v) is 7.64. The molecule has 0 aromatic heterocycles. The van der Waals surface area contributed by atoms with E-state index < -0.39 is 0 Å². The SMILES string of the molecule is CNC1CCOC2(CCOC2)C1. The Morgan fingerprint density at radius 2 is 2.33 bits per heavy atom. The van der Waals surface area contributed by atoms with Gasteiger partial charge in [0.25, 0.3) is 0 Å². The molecule has 1 spiro atoms. The van der Waals surface area contributed by atoms with Crippen molar-refractivity contribution in [1.29, 1.82) is 0 Å². The van der Waals surface area contributed by atoms with E-state index >= 15 is 0 Å². The topological polar surface area (TPSA) is 30.5 Å². The van der Waals surface area contributed by atoms with E-state index in [1.165, 1.54) is 0 Å². The molecule has 0 radical (unpaired) electrons. The van der Waals surface area contributed by atoms with Gasteiger partial charge in [0.1, 0.15) is 0 Å². The Kier molecular flexibility index (Phi) is 2.35. The highest BCUT2D eigenvalue weighted by molar-refractivity contribution is 4.92. The van der Waals surface area contributed by atoms with E-state index in [9.17, 15) is 0 Å². The van der Waals surface area contributed by atoms with Crippen LogP contribution in [-0.2, 0) is 9.47 Å². The Morgan fingerprint density at radius 3 is 3.00 bits per heavy atom. The standard InChI is InChI=1S/C9H17NO2/c1-10-8-2-4-12-9(6-8)3-5-11-7-9/h8,10H,2-7H2,1H3. The van der Waals surface area contributed by atoms with Gasteiger partial charge in [0.05, 0.1) is 12.2 Å². The minimum atomic E-state index is 0.0614. The van der Waals surface area contributed by atoms with Crippen LogP contribution < -0.4 is 5.32 Å². The minimum absolute atomic E-state index is 0.0614. The Hall–Kier alpha value is -0.120. The predicted octanol–water partition coefficient (Wildman–Crippen LogP) is 0.544. The first-order valence-electron chi connectivity index (χ1n) is 4.74. The molecule has 2 aliphatic rings. The lowest BCUT2D eigenvalue weighted by atomic mass is 9.90. The number of nitrogens with one attached hydrogen (secondary N) is 1. The van der Waals surface area contributed by atoms with Crippen molar-refractivity contribution in [1.82, 2.24) is 5.32 Å². The predicted molar refractivity (Wildman–Crippen MR) is 46.2 cm³/mol. The smallest absolute Gasteiger partial charge is 0.0951 e. The van der Waals surface area contributed by atoms with Crippen molar-refractivity contribution in [2.24, 2.45) is 0 Å². The van der Waals surface area contributed by atoms with Crippen LogP contribution in [0.1, 0.15) is 19.3 Å². The highest BCUT2D eigenvalue weighted by Gasteiger charge is 2.40. The third-order valence-corrected chi connectivity index (χ3v) is 2.97. The van der Waals surface area contributed by atoms with E-state index in [0.29, 0.717) is 6.04 Å². The van der Waals surface area contributed by atoms with Crippen LogP contribution in [0.15, 0.2) is 0 Å². The van der Waals surface area contributed by atoms with E-state index in [4.69, 9.17) is 9.47 Å². The number of hydrogen-bond donors (Lipinski definition) is 1. The zero-order valence-electron chi connectivity index (χ0n) is 7.64. The Balaban J connectivity index is 1.97. The normalized spacial score (nSPS) is 42.2. The molecule has 2 rings (SSSR count). The van der Waals surface area contributed by atoms with Gasteiger partial charge in [0, 0.05) is 25.7 Å². The van der Waals surface area contributed by atoms with E-state index in [1.807, 2.05) is 7.05 Å². The van der Waals surface area contributed by atoms with Gasteiger partial charge in [-0.15, -0.1) is 0 Å². The van der Waals surface area contributed by atoms with Crippen LogP contribution in [0.2, 0.25) is 0 Å². The maximum Gasteiger partial charge on any atom is 0.0951 e. The first-order chi connectivity index (χ1) is 5.85. The van der Waals surface area contributed by atoms with Crippen molar-refractivity contribution in [3.63, 3.8) is 0 Å². The monoisotopic (exact) mass is 171 g/mol. The molecule has 0 bridgehead atoms. The van der Waals surface area contributed by atoms with Gasteiger partial charge < -0.3 is 14.8 Å². The molecule has 12 heavy (non-hydrogen) atoms. The molecule has 3 nitrogen and oxygen atoms in total. The van der Waals surface area contributed by atoms with E-state index in [2.05, 4.69) is 5.32 Å². The molecule has 0 aromatic carbocycles. The van der Waals surface area contributed by atoms with Gasteiger partial charge in [0.15, 0.2) is 0 Å². The fourth-order valence-corrected chi connectivity index (χ4v) is 2.14. The maximum absolute atomic E-state index is 5.79. The largest absolute Gasteiger partial charge is 0.378 e. The Bertz CT molecular complexity index is 155. The van der Waals surface area contributed by atoms with Gasteiger partial charge in [-0.2, -0.15) is 0 Å². The highest BCUT2D eigenvalue weighted by atomic mass is 16.6. The molecule has 2 atom stereocenters. The Labute approximate surface area is 73.4 Å². The molecule has 70 valence electrons. The van der Waals surface area contributed by atoms with Crippen LogP contribution in [0.3, 0.4) is 0 Å². The summed E-state index contributed by atoms with van der Waals surface area (Å²) in [6.45, 7) is 2.55. The highest BCUT2D eigenvalue weighted by Crippen LogP contribution is 2.32. The van der Waals surface area contributed by atoms with Gasteiger partial charge in [-0.25, -0.2) is 0 Å². The summed E-state index contributed by atoms with van der Waals surface area (Å²) in [5, 5.41) is 3.32. The first kappa shape index (κ1) is 8.48. The van der Waals surface area contributed by atoms with Crippen molar-refractivity contribution in [3.05, 3.63) is 0 Å². The molecule has 0 aliphatic carbocycles. The van der Waals surface area contributed by atoms with Crippen LogP contribution in [0, 0.1) is 0 Å². The van der Waals surface area contributed by atoms with Crippen molar-refractivity contribution >= 4 is 0 Å². The number of hydrogen-bond acceptors (Lipinski definition) is 3.